The summed E-state index contributed by atoms with van der Waals surface area (Å²) in [6, 6.07) is 0. The largest absolute Gasteiger partial charge is 0.118 e. The molecule has 2 heteroatoms. The summed E-state index contributed by atoms with van der Waals surface area (Å²) >= 11 is 9.11. The molecule has 0 N–H and O–H groups in total. The highest BCUT2D eigenvalue weighted by molar-refractivity contribution is 9.11. The van der Waals surface area contributed by atoms with Crippen LogP contribution >= 0.6 is 27.5 Å². The van der Waals surface area contributed by atoms with E-state index in [1.807, 2.05) is 18.2 Å². The van der Waals surface area contributed by atoms with E-state index in [1.165, 1.54) is 4.48 Å². The molecule has 0 radical (unpaired) electrons. The van der Waals surface area contributed by atoms with E-state index < -0.39 is 0 Å². The van der Waals surface area contributed by atoms with Gasteiger partial charge in [0.25, 0.3) is 0 Å². The summed E-state index contributed by atoms with van der Waals surface area (Å²) in [4.78, 5) is 0. The summed E-state index contributed by atoms with van der Waals surface area (Å²) < 4.78 is 1.18. The lowest BCUT2D eigenvalue weighted by atomic mass is 10.2. The lowest BCUT2D eigenvalue weighted by Crippen LogP contribution is -1.95. The molecular weight excluding hydrogens is 187 g/mol. The Morgan fingerprint density at radius 1 is 1.75 bits per heavy atom. The molecule has 1 rings (SSSR count). The Morgan fingerprint density at radius 2 is 2.50 bits per heavy atom. The van der Waals surface area contributed by atoms with E-state index >= 15 is 0 Å². The molecule has 0 aromatic rings. The van der Waals surface area contributed by atoms with Gasteiger partial charge in [0.05, 0.1) is 5.38 Å². The lowest BCUT2D eigenvalue weighted by molar-refractivity contribution is 1.03. The molecule has 1 aliphatic rings. The standard InChI is InChI=1S/C6H6BrCl/c7-5-2-1-3-6(8)4-5/h1-3,6H,4H2. The third kappa shape index (κ3) is 1.64. The van der Waals surface area contributed by atoms with Crippen molar-refractivity contribution in [2.45, 2.75) is 11.8 Å². The van der Waals surface area contributed by atoms with Crippen LogP contribution in [0.2, 0.25) is 0 Å². The van der Waals surface area contributed by atoms with Crippen molar-refractivity contribution in [2.75, 3.05) is 0 Å². The van der Waals surface area contributed by atoms with Gasteiger partial charge in [0, 0.05) is 0 Å². The normalized spacial score (nSPS) is 27.8. The van der Waals surface area contributed by atoms with Gasteiger partial charge in [0.2, 0.25) is 0 Å². The molecule has 1 unspecified atom stereocenters. The zero-order valence-corrected chi connectivity index (χ0v) is 6.61. The summed E-state index contributed by atoms with van der Waals surface area (Å²) in [5.41, 5.74) is 0. The Balaban J connectivity index is 2.59. The summed E-state index contributed by atoms with van der Waals surface area (Å²) in [6.07, 6.45) is 6.88. The number of allylic oxidation sites excluding steroid dienone is 4. The van der Waals surface area contributed by atoms with Gasteiger partial charge in [0.1, 0.15) is 0 Å². The van der Waals surface area contributed by atoms with Crippen LogP contribution in [-0.2, 0) is 0 Å². The van der Waals surface area contributed by atoms with Crippen LogP contribution < -0.4 is 0 Å². The van der Waals surface area contributed by atoms with Crippen LogP contribution in [0, 0.1) is 0 Å². The SMILES string of the molecule is ClC1C=CC=C(Br)C1. The summed E-state index contributed by atoms with van der Waals surface area (Å²) in [5.74, 6) is 0. The van der Waals surface area contributed by atoms with Gasteiger partial charge in [-0.15, -0.1) is 11.6 Å². The second kappa shape index (κ2) is 2.70. The lowest BCUT2D eigenvalue weighted by Gasteiger charge is -2.05. The van der Waals surface area contributed by atoms with Crippen LogP contribution in [0.1, 0.15) is 6.42 Å². The van der Waals surface area contributed by atoms with Gasteiger partial charge >= 0.3 is 0 Å². The van der Waals surface area contributed by atoms with Gasteiger partial charge in [-0.3, -0.25) is 0 Å². The molecule has 0 amide bonds. The molecule has 1 atom stereocenters. The molecule has 0 aromatic carbocycles. The van der Waals surface area contributed by atoms with Crippen molar-refractivity contribution in [2.24, 2.45) is 0 Å². The average Bonchev–Trinajstić information content (AvgIpc) is 1.64. The van der Waals surface area contributed by atoms with Crippen molar-refractivity contribution in [1.82, 2.24) is 0 Å². The predicted molar refractivity (Wildman–Crippen MR) is 40.4 cm³/mol. The van der Waals surface area contributed by atoms with E-state index in [-0.39, 0.29) is 5.38 Å². The fraction of sp³-hybridized carbons (Fsp3) is 0.333. The van der Waals surface area contributed by atoms with E-state index in [4.69, 9.17) is 11.6 Å². The van der Waals surface area contributed by atoms with Gasteiger partial charge in [-0.1, -0.05) is 34.2 Å². The maximum Gasteiger partial charge on any atom is 0.0564 e. The van der Waals surface area contributed by atoms with E-state index in [1.54, 1.807) is 0 Å². The Labute approximate surface area is 62.3 Å². The molecule has 0 bridgehead atoms. The minimum absolute atomic E-state index is 0.189. The summed E-state index contributed by atoms with van der Waals surface area (Å²) in [7, 11) is 0. The first-order chi connectivity index (χ1) is 3.79. The maximum absolute atomic E-state index is 5.75. The molecule has 0 nitrogen and oxygen atoms in total. The quantitative estimate of drug-likeness (QED) is 0.519. The first kappa shape index (κ1) is 6.37. The molecular formula is C6H6BrCl. The predicted octanol–water partition coefficient (Wildman–Crippen LogP) is 2.83. The fourth-order valence-electron chi connectivity index (χ4n) is 0.603. The van der Waals surface area contributed by atoms with Gasteiger partial charge in [-0.05, 0) is 10.9 Å². The van der Waals surface area contributed by atoms with Crippen LogP contribution in [0.25, 0.3) is 0 Å². The zero-order chi connectivity index (χ0) is 5.98. The molecule has 8 heavy (non-hydrogen) atoms. The molecule has 0 saturated carbocycles. The van der Waals surface area contributed by atoms with Crippen LogP contribution in [0.5, 0.6) is 0 Å². The third-order valence-electron chi connectivity index (χ3n) is 0.987. The first-order valence-corrected chi connectivity index (χ1v) is 3.69. The number of rotatable bonds is 0. The van der Waals surface area contributed by atoms with Gasteiger partial charge in [0.15, 0.2) is 0 Å². The Bertz CT molecular complexity index is 137. The van der Waals surface area contributed by atoms with Crippen LogP contribution in [0.15, 0.2) is 22.7 Å². The van der Waals surface area contributed by atoms with E-state index in [9.17, 15) is 0 Å². The van der Waals surface area contributed by atoms with Gasteiger partial charge in [-0.2, -0.15) is 0 Å². The first-order valence-electron chi connectivity index (χ1n) is 2.46. The third-order valence-corrected chi connectivity index (χ3v) is 1.87. The van der Waals surface area contributed by atoms with E-state index in [0.29, 0.717) is 0 Å². The minimum atomic E-state index is 0.189. The minimum Gasteiger partial charge on any atom is -0.118 e. The Hall–Kier alpha value is 0.250. The van der Waals surface area contributed by atoms with Crippen molar-refractivity contribution in [3.05, 3.63) is 22.7 Å². The molecule has 44 valence electrons. The smallest absolute Gasteiger partial charge is 0.0564 e. The molecule has 0 saturated heterocycles. The monoisotopic (exact) mass is 192 g/mol. The molecule has 0 spiro atoms. The molecule has 0 aliphatic heterocycles. The highest BCUT2D eigenvalue weighted by Gasteiger charge is 2.03. The average molecular weight is 193 g/mol. The highest BCUT2D eigenvalue weighted by atomic mass is 79.9. The second-order valence-electron chi connectivity index (χ2n) is 1.72. The maximum atomic E-state index is 5.75. The van der Waals surface area contributed by atoms with E-state index in [0.717, 1.165) is 6.42 Å². The molecule has 1 aliphatic carbocycles. The Morgan fingerprint density at radius 3 is 2.88 bits per heavy atom. The number of hydrogen-bond donors (Lipinski definition) is 0. The summed E-state index contributed by atoms with van der Waals surface area (Å²) in [5, 5.41) is 0.189. The van der Waals surface area contributed by atoms with Crippen molar-refractivity contribution >= 4 is 27.5 Å². The zero-order valence-electron chi connectivity index (χ0n) is 4.27. The van der Waals surface area contributed by atoms with Crippen LogP contribution in [-0.4, -0.2) is 5.38 Å². The van der Waals surface area contributed by atoms with Crippen LogP contribution in [0.3, 0.4) is 0 Å². The van der Waals surface area contributed by atoms with Crippen molar-refractivity contribution in [3.63, 3.8) is 0 Å². The van der Waals surface area contributed by atoms with Crippen LogP contribution in [0.4, 0.5) is 0 Å². The number of alkyl halides is 1. The molecule has 0 heterocycles. The highest BCUT2D eigenvalue weighted by Crippen LogP contribution is 2.21. The van der Waals surface area contributed by atoms with Crippen molar-refractivity contribution in [1.29, 1.82) is 0 Å². The van der Waals surface area contributed by atoms with E-state index in [2.05, 4.69) is 15.9 Å². The number of halogens is 2. The van der Waals surface area contributed by atoms with Gasteiger partial charge in [-0.25, -0.2) is 0 Å². The second-order valence-corrected chi connectivity index (χ2v) is 3.30. The molecule has 0 aromatic heterocycles. The van der Waals surface area contributed by atoms with Crippen molar-refractivity contribution < 1.29 is 0 Å². The topological polar surface area (TPSA) is 0 Å². The molecule has 0 fully saturated rings. The summed E-state index contributed by atoms with van der Waals surface area (Å²) in [6.45, 7) is 0. The van der Waals surface area contributed by atoms with Crippen molar-refractivity contribution in [3.8, 4) is 0 Å². The Kier molecular flexibility index (Phi) is 2.15. The number of hydrogen-bond acceptors (Lipinski definition) is 0. The fourth-order valence-corrected chi connectivity index (χ4v) is 1.54. The van der Waals surface area contributed by atoms with Gasteiger partial charge < -0.3 is 0 Å².